The summed E-state index contributed by atoms with van der Waals surface area (Å²) in [7, 11) is 3.27. The number of ether oxygens (including phenoxy) is 3. The summed E-state index contributed by atoms with van der Waals surface area (Å²) in [5, 5.41) is 6.40. The van der Waals surface area contributed by atoms with Crippen molar-refractivity contribution in [1.29, 1.82) is 0 Å². The van der Waals surface area contributed by atoms with Crippen LogP contribution in [0.3, 0.4) is 0 Å². The molecule has 2 aliphatic rings. The molecule has 2 atom stereocenters. The fraction of sp³-hybridized carbons (Fsp3) is 0.632. The predicted octanol–water partition coefficient (Wildman–Crippen LogP) is 1.65. The number of rotatable bonds is 7. The molecule has 7 nitrogen and oxygen atoms in total. The summed E-state index contributed by atoms with van der Waals surface area (Å²) in [5.41, 5.74) is 1.11. The molecule has 2 aliphatic heterocycles. The molecule has 0 spiro atoms. The Morgan fingerprint density at radius 3 is 2.57 bits per heavy atom. The quantitative estimate of drug-likeness (QED) is 0.678. The number of nitrogens with zero attached hydrogens (tertiary/aromatic N) is 1. The number of nitrogens with one attached hydrogen (secondary N) is 2. The van der Waals surface area contributed by atoms with Crippen LogP contribution in [-0.4, -0.2) is 71.0 Å². The van der Waals surface area contributed by atoms with Crippen molar-refractivity contribution >= 4 is 30.7 Å². The second kappa shape index (κ2) is 12.3. The van der Waals surface area contributed by atoms with Gasteiger partial charge in [0.05, 0.1) is 39.4 Å². The monoisotopic (exact) mass is 435 g/mol. The molecule has 2 saturated heterocycles. The third-order valence-electron chi connectivity index (χ3n) is 5.18. The minimum Gasteiger partial charge on any atom is -0.493 e. The number of methoxy groups -OCH3 is 2. The number of carbonyl (C=O) groups excluding carboxylic acids is 1. The molecule has 28 heavy (non-hydrogen) atoms. The highest BCUT2D eigenvalue weighted by molar-refractivity contribution is 5.85. The Balaban J connectivity index is 0.00000196. The first-order valence-electron chi connectivity index (χ1n) is 9.25. The Bertz CT molecular complexity index is 609. The van der Waals surface area contributed by atoms with Crippen molar-refractivity contribution < 1.29 is 19.0 Å². The van der Waals surface area contributed by atoms with E-state index in [4.69, 9.17) is 14.2 Å². The third kappa shape index (κ3) is 6.12. The van der Waals surface area contributed by atoms with Gasteiger partial charge in [-0.25, -0.2) is 0 Å². The second-order valence-electron chi connectivity index (χ2n) is 6.71. The molecule has 1 aromatic rings. The van der Waals surface area contributed by atoms with Crippen molar-refractivity contribution in [2.75, 3.05) is 60.2 Å². The van der Waals surface area contributed by atoms with Crippen LogP contribution in [0.2, 0.25) is 0 Å². The minimum atomic E-state index is 0. The fourth-order valence-electron chi connectivity index (χ4n) is 3.63. The average molecular weight is 436 g/mol. The number of hydrogen-bond donors (Lipinski definition) is 2. The van der Waals surface area contributed by atoms with Gasteiger partial charge < -0.3 is 24.8 Å². The van der Waals surface area contributed by atoms with Crippen molar-refractivity contribution in [2.45, 2.75) is 12.5 Å². The second-order valence-corrected chi connectivity index (χ2v) is 6.71. The summed E-state index contributed by atoms with van der Waals surface area (Å²) in [6.45, 7) is 5.38. The van der Waals surface area contributed by atoms with E-state index in [-0.39, 0.29) is 42.7 Å². The van der Waals surface area contributed by atoms with E-state index in [0.717, 1.165) is 38.2 Å². The molecule has 0 radical (unpaired) electrons. The van der Waals surface area contributed by atoms with Gasteiger partial charge in [-0.2, -0.15) is 0 Å². The molecule has 2 unspecified atom stereocenters. The van der Waals surface area contributed by atoms with Gasteiger partial charge in [-0.3, -0.25) is 9.69 Å². The van der Waals surface area contributed by atoms with Crippen molar-refractivity contribution in [1.82, 2.24) is 15.5 Å². The molecule has 3 rings (SSSR count). The van der Waals surface area contributed by atoms with Gasteiger partial charge in [0.15, 0.2) is 11.5 Å². The zero-order chi connectivity index (χ0) is 18.4. The van der Waals surface area contributed by atoms with Gasteiger partial charge in [-0.05, 0) is 30.7 Å². The lowest BCUT2D eigenvalue weighted by atomic mass is 10.0. The van der Waals surface area contributed by atoms with Crippen LogP contribution >= 0.6 is 24.8 Å². The Morgan fingerprint density at radius 1 is 1.25 bits per heavy atom. The Kier molecular flexibility index (Phi) is 10.9. The third-order valence-corrected chi connectivity index (χ3v) is 5.18. The lowest BCUT2D eigenvalue weighted by Gasteiger charge is -2.35. The van der Waals surface area contributed by atoms with Crippen molar-refractivity contribution in [2.24, 2.45) is 5.92 Å². The van der Waals surface area contributed by atoms with Crippen LogP contribution in [0.15, 0.2) is 18.2 Å². The molecule has 2 fully saturated rings. The van der Waals surface area contributed by atoms with Gasteiger partial charge in [0, 0.05) is 26.2 Å². The molecule has 0 aliphatic carbocycles. The average Bonchev–Trinajstić information content (AvgIpc) is 3.23. The molecular weight excluding hydrogens is 405 g/mol. The zero-order valence-corrected chi connectivity index (χ0v) is 18.1. The summed E-state index contributed by atoms with van der Waals surface area (Å²) >= 11 is 0. The number of hydrogen-bond acceptors (Lipinski definition) is 6. The number of halogens is 2. The van der Waals surface area contributed by atoms with Crippen molar-refractivity contribution in [3.8, 4) is 11.5 Å². The number of benzene rings is 1. The molecule has 0 aromatic heterocycles. The Morgan fingerprint density at radius 2 is 1.96 bits per heavy atom. The van der Waals surface area contributed by atoms with E-state index in [1.54, 1.807) is 14.2 Å². The highest BCUT2D eigenvalue weighted by Gasteiger charge is 2.27. The van der Waals surface area contributed by atoms with Crippen LogP contribution in [0.25, 0.3) is 0 Å². The summed E-state index contributed by atoms with van der Waals surface area (Å²) in [4.78, 5) is 14.8. The number of morpholine rings is 1. The van der Waals surface area contributed by atoms with Gasteiger partial charge in [-0.15, -0.1) is 24.8 Å². The predicted molar refractivity (Wildman–Crippen MR) is 113 cm³/mol. The SMILES string of the molecule is COc1ccc(C(CNC(=O)C2CCNC2)N2CCOCC2)cc1OC.Cl.Cl. The van der Waals surface area contributed by atoms with Crippen molar-refractivity contribution in [3.63, 3.8) is 0 Å². The molecular formula is C19H31Cl2N3O4. The Labute approximate surface area is 179 Å². The number of carbonyl (C=O) groups is 1. The molecule has 0 saturated carbocycles. The normalized spacial score (nSPS) is 20.4. The van der Waals surface area contributed by atoms with E-state index < -0.39 is 0 Å². The van der Waals surface area contributed by atoms with Crippen LogP contribution in [0.5, 0.6) is 11.5 Å². The zero-order valence-electron chi connectivity index (χ0n) is 16.4. The van der Waals surface area contributed by atoms with E-state index >= 15 is 0 Å². The smallest absolute Gasteiger partial charge is 0.224 e. The van der Waals surface area contributed by atoms with Crippen molar-refractivity contribution in [3.05, 3.63) is 23.8 Å². The maximum absolute atomic E-state index is 12.4. The molecule has 1 amide bonds. The molecule has 2 heterocycles. The van der Waals surface area contributed by atoms with Crippen LogP contribution in [0, 0.1) is 5.92 Å². The van der Waals surface area contributed by atoms with Crippen LogP contribution in [0.4, 0.5) is 0 Å². The molecule has 1 aromatic carbocycles. The van der Waals surface area contributed by atoms with E-state index in [2.05, 4.69) is 15.5 Å². The topological polar surface area (TPSA) is 72.1 Å². The molecule has 9 heteroatoms. The van der Waals surface area contributed by atoms with Gasteiger partial charge in [0.25, 0.3) is 0 Å². The maximum Gasteiger partial charge on any atom is 0.224 e. The van der Waals surface area contributed by atoms with Gasteiger partial charge in [0.2, 0.25) is 5.91 Å². The highest BCUT2D eigenvalue weighted by atomic mass is 35.5. The highest BCUT2D eigenvalue weighted by Crippen LogP contribution is 2.32. The molecule has 2 N–H and O–H groups in total. The van der Waals surface area contributed by atoms with E-state index in [9.17, 15) is 4.79 Å². The lowest BCUT2D eigenvalue weighted by Crippen LogP contribution is -2.45. The van der Waals surface area contributed by atoms with Gasteiger partial charge in [0.1, 0.15) is 0 Å². The maximum atomic E-state index is 12.4. The lowest BCUT2D eigenvalue weighted by molar-refractivity contribution is -0.124. The number of amides is 1. The summed E-state index contributed by atoms with van der Waals surface area (Å²) < 4.78 is 16.3. The minimum absolute atomic E-state index is 0. The summed E-state index contributed by atoms with van der Waals surface area (Å²) in [6, 6.07) is 6.05. The van der Waals surface area contributed by atoms with Crippen LogP contribution < -0.4 is 20.1 Å². The summed E-state index contributed by atoms with van der Waals surface area (Å²) in [5.74, 6) is 1.62. The van der Waals surface area contributed by atoms with E-state index in [1.165, 1.54) is 0 Å². The van der Waals surface area contributed by atoms with Crippen LogP contribution in [0.1, 0.15) is 18.0 Å². The fourth-order valence-corrected chi connectivity index (χ4v) is 3.63. The van der Waals surface area contributed by atoms with Gasteiger partial charge in [-0.1, -0.05) is 6.07 Å². The largest absolute Gasteiger partial charge is 0.493 e. The first-order chi connectivity index (χ1) is 12.7. The van der Waals surface area contributed by atoms with Crippen LogP contribution in [-0.2, 0) is 9.53 Å². The van der Waals surface area contributed by atoms with E-state index in [0.29, 0.717) is 31.3 Å². The molecule has 0 bridgehead atoms. The Hall–Kier alpha value is -1.25. The molecule has 160 valence electrons. The summed E-state index contributed by atoms with van der Waals surface area (Å²) in [6.07, 6.45) is 0.907. The van der Waals surface area contributed by atoms with Gasteiger partial charge >= 0.3 is 0 Å². The first kappa shape index (κ1) is 24.8. The standard InChI is InChI=1S/C19H29N3O4.2ClH/c1-24-17-4-3-14(11-18(17)25-2)16(22-7-9-26-10-8-22)13-21-19(23)15-5-6-20-12-15;;/h3-4,11,15-16,20H,5-10,12-13H2,1-2H3,(H,21,23);2*1H. The van der Waals surface area contributed by atoms with E-state index in [1.807, 2.05) is 18.2 Å². The first-order valence-corrected chi connectivity index (χ1v) is 9.25.